The quantitative estimate of drug-likeness (QED) is 0.701. The van der Waals surface area contributed by atoms with Crippen molar-refractivity contribution >= 4 is 0 Å². The van der Waals surface area contributed by atoms with E-state index in [1.54, 1.807) is 31.4 Å². The molecule has 23 heavy (non-hydrogen) atoms. The number of aromatic hydroxyl groups is 1. The molecule has 4 nitrogen and oxygen atoms in total. The first-order valence-electron chi connectivity index (χ1n) is 7.92. The van der Waals surface area contributed by atoms with E-state index in [0.717, 1.165) is 24.2 Å². The van der Waals surface area contributed by atoms with Crippen molar-refractivity contribution in [1.29, 1.82) is 0 Å². The number of phenolic OH excluding ortho intramolecular Hbond substituents is 1. The van der Waals surface area contributed by atoms with Gasteiger partial charge in [0.15, 0.2) is 0 Å². The SMILES string of the molecule is COc1ccc(CC[C@@H](C)NC[C@H](O)c2ccc(O)cc2)cc1. The number of aryl methyl sites for hydroxylation is 1. The van der Waals surface area contributed by atoms with Crippen LogP contribution in [0, 0.1) is 0 Å². The Bertz CT molecular complexity index is 581. The molecule has 0 fully saturated rings. The minimum Gasteiger partial charge on any atom is -0.508 e. The molecule has 0 radical (unpaired) electrons. The zero-order valence-corrected chi connectivity index (χ0v) is 13.7. The number of phenols is 1. The monoisotopic (exact) mass is 315 g/mol. The fourth-order valence-corrected chi connectivity index (χ4v) is 2.40. The first kappa shape index (κ1) is 17.3. The van der Waals surface area contributed by atoms with Gasteiger partial charge in [0.25, 0.3) is 0 Å². The van der Waals surface area contributed by atoms with Crippen molar-refractivity contribution in [2.75, 3.05) is 13.7 Å². The lowest BCUT2D eigenvalue weighted by Gasteiger charge is -2.17. The summed E-state index contributed by atoms with van der Waals surface area (Å²) in [5.74, 6) is 1.08. The molecule has 0 amide bonds. The lowest BCUT2D eigenvalue weighted by Crippen LogP contribution is -2.30. The lowest BCUT2D eigenvalue weighted by atomic mass is 10.1. The maximum atomic E-state index is 10.1. The van der Waals surface area contributed by atoms with Crippen LogP contribution in [0.15, 0.2) is 48.5 Å². The van der Waals surface area contributed by atoms with Gasteiger partial charge in [-0.25, -0.2) is 0 Å². The molecular weight excluding hydrogens is 290 g/mol. The molecule has 0 spiro atoms. The first-order chi connectivity index (χ1) is 11.1. The highest BCUT2D eigenvalue weighted by Gasteiger charge is 2.09. The van der Waals surface area contributed by atoms with Crippen LogP contribution in [0.2, 0.25) is 0 Å². The van der Waals surface area contributed by atoms with E-state index < -0.39 is 6.10 Å². The fraction of sp³-hybridized carbons (Fsp3) is 0.368. The van der Waals surface area contributed by atoms with Gasteiger partial charge in [-0.05, 0) is 55.2 Å². The summed E-state index contributed by atoms with van der Waals surface area (Å²) in [6.45, 7) is 2.61. The van der Waals surface area contributed by atoms with Crippen LogP contribution in [0.4, 0.5) is 0 Å². The number of aliphatic hydroxyl groups is 1. The van der Waals surface area contributed by atoms with Gasteiger partial charge in [0.1, 0.15) is 11.5 Å². The Morgan fingerprint density at radius 1 is 1.04 bits per heavy atom. The Morgan fingerprint density at radius 2 is 1.70 bits per heavy atom. The molecule has 0 saturated carbocycles. The number of hydrogen-bond donors (Lipinski definition) is 3. The molecule has 4 heteroatoms. The van der Waals surface area contributed by atoms with Crippen LogP contribution in [-0.2, 0) is 6.42 Å². The molecule has 0 aliphatic heterocycles. The Balaban J connectivity index is 1.73. The highest BCUT2D eigenvalue weighted by atomic mass is 16.5. The van der Waals surface area contributed by atoms with Crippen LogP contribution in [0.25, 0.3) is 0 Å². The molecule has 2 rings (SSSR count). The van der Waals surface area contributed by atoms with Gasteiger partial charge in [-0.1, -0.05) is 24.3 Å². The molecule has 0 bridgehead atoms. The first-order valence-corrected chi connectivity index (χ1v) is 7.92. The van der Waals surface area contributed by atoms with Crippen molar-refractivity contribution in [2.24, 2.45) is 0 Å². The highest BCUT2D eigenvalue weighted by molar-refractivity contribution is 5.28. The van der Waals surface area contributed by atoms with Crippen LogP contribution in [0.5, 0.6) is 11.5 Å². The van der Waals surface area contributed by atoms with Gasteiger partial charge in [0, 0.05) is 12.6 Å². The zero-order valence-electron chi connectivity index (χ0n) is 13.7. The van der Waals surface area contributed by atoms with Crippen molar-refractivity contribution in [3.8, 4) is 11.5 Å². The van der Waals surface area contributed by atoms with Crippen LogP contribution in [0.3, 0.4) is 0 Å². The average Bonchev–Trinajstić information content (AvgIpc) is 2.59. The van der Waals surface area contributed by atoms with E-state index in [1.165, 1.54) is 5.56 Å². The second kappa shape index (κ2) is 8.56. The van der Waals surface area contributed by atoms with E-state index in [-0.39, 0.29) is 5.75 Å². The van der Waals surface area contributed by atoms with E-state index in [0.29, 0.717) is 12.6 Å². The van der Waals surface area contributed by atoms with E-state index in [9.17, 15) is 10.2 Å². The standard InChI is InChI=1S/C19H25NO3/c1-14(3-4-15-5-11-18(23-2)12-6-15)20-13-19(22)16-7-9-17(21)10-8-16/h5-12,14,19-22H,3-4,13H2,1-2H3/t14-,19+/m1/s1. The summed E-state index contributed by atoms with van der Waals surface area (Å²) in [4.78, 5) is 0. The molecule has 0 unspecified atom stereocenters. The highest BCUT2D eigenvalue weighted by Crippen LogP contribution is 2.17. The fourth-order valence-electron chi connectivity index (χ4n) is 2.40. The van der Waals surface area contributed by atoms with Crippen molar-refractivity contribution in [2.45, 2.75) is 31.9 Å². The Labute approximate surface area is 137 Å². The summed E-state index contributed by atoms with van der Waals surface area (Å²) < 4.78 is 5.15. The minimum absolute atomic E-state index is 0.210. The normalized spacial score (nSPS) is 13.5. The van der Waals surface area contributed by atoms with Crippen molar-refractivity contribution in [1.82, 2.24) is 5.32 Å². The van der Waals surface area contributed by atoms with E-state index in [2.05, 4.69) is 24.4 Å². The number of rotatable bonds is 8. The molecule has 124 valence electrons. The number of methoxy groups -OCH3 is 1. The zero-order chi connectivity index (χ0) is 16.7. The second-order valence-corrected chi connectivity index (χ2v) is 5.80. The van der Waals surface area contributed by atoms with Crippen molar-refractivity contribution < 1.29 is 14.9 Å². The molecule has 2 aromatic carbocycles. The van der Waals surface area contributed by atoms with Gasteiger partial charge in [0.05, 0.1) is 13.2 Å². The number of nitrogens with one attached hydrogen (secondary N) is 1. The van der Waals surface area contributed by atoms with Crippen molar-refractivity contribution in [3.05, 3.63) is 59.7 Å². The Hall–Kier alpha value is -2.04. The summed E-state index contributed by atoms with van der Waals surface area (Å²) in [6, 6.07) is 15.1. The third kappa shape index (κ3) is 5.58. The summed E-state index contributed by atoms with van der Waals surface area (Å²) in [6.07, 6.45) is 1.40. The summed E-state index contributed by atoms with van der Waals surface area (Å²) in [5.41, 5.74) is 2.08. The Morgan fingerprint density at radius 3 is 2.30 bits per heavy atom. The molecule has 2 aromatic rings. The smallest absolute Gasteiger partial charge is 0.118 e. The number of ether oxygens (including phenoxy) is 1. The predicted octanol–water partition coefficient (Wildman–Crippen LogP) is 3.05. The Kier molecular flexibility index (Phi) is 6.44. The van der Waals surface area contributed by atoms with Gasteiger partial charge in [-0.15, -0.1) is 0 Å². The van der Waals surface area contributed by atoms with E-state index >= 15 is 0 Å². The molecule has 0 aliphatic carbocycles. The average molecular weight is 315 g/mol. The third-order valence-electron chi connectivity index (χ3n) is 3.96. The molecule has 2 atom stereocenters. The molecule has 0 aromatic heterocycles. The van der Waals surface area contributed by atoms with Crippen LogP contribution < -0.4 is 10.1 Å². The molecular formula is C19H25NO3. The second-order valence-electron chi connectivity index (χ2n) is 5.80. The topological polar surface area (TPSA) is 61.7 Å². The van der Waals surface area contributed by atoms with E-state index in [1.807, 2.05) is 12.1 Å². The molecule has 0 saturated heterocycles. The van der Waals surface area contributed by atoms with Gasteiger partial charge in [-0.3, -0.25) is 0 Å². The molecule has 0 heterocycles. The van der Waals surface area contributed by atoms with Gasteiger partial charge in [-0.2, -0.15) is 0 Å². The van der Waals surface area contributed by atoms with Crippen molar-refractivity contribution in [3.63, 3.8) is 0 Å². The van der Waals surface area contributed by atoms with E-state index in [4.69, 9.17) is 4.74 Å². The maximum absolute atomic E-state index is 10.1. The van der Waals surface area contributed by atoms with Crippen LogP contribution >= 0.6 is 0 Å². The minimum atomic E-state index is -0.570. The predicted molar refractivity (Wildman–Crippen MR) is 91.8 cm³/mol. The molecule has 0 aliphatic rings. The summed E-state index contributed by atoms with van der Waals surface area (Å²) >= 11 is 0. The van der Waals surface area contributed by atoms with Gasteiger partial charge in [0.2, 0.25) is 0 Å². The number of aliphatic hydroxyl groups excluding tert-OH is 1. The lowest BCUT2D eigenvalue weighted by molar-refractivity contribution is 0.170. The number of benzene rings is 2. The molecule has 3 N–H and O–H groups in total. The van der Waals surface area contributed by atoms with Gasteiger partial charge < -0.3 is 20.3 Å². The van der Waals surface area contributed by atoms with Crippen LogP contribution in [-0.4, -0.2) is 29.9 Å². The number of hydrogen-bond acceptors (Lipinski definition) is 4. The largest absolute Gasteiger partial charge is 0.508 e. The van der Waals surface area contributed by atoms with Gasteiger partial charge >= 0.3 is 0 Å². The maximum Gasteiger partial charge on any atom is 0.118 e. The summed E-state index contributed by atoms with van der Waals surface area (Å²) in [7, 11) is 1.67. The summed E-state index contributed by atoms with van der Waals surface area (Å²) in [5, 5.41) is 22.8. The van der Waals surface area contributed by atoms with Crippen LogP contribution in [0.1, 0.15) is 30.6 Å². The third-order valence-corrected chi connectivity index (χ3v) is 3.96.